The van der Waals surface area contributed by atoms with E-state index in [0.717, 1.165) is 25.1 Å². The number of hydrogen-bond donors (Lipinski definition) is 1. The van der Waals surface area contributed by atoms with E-state index in [1.807, 2.05) is 7.05 Å². The van der Waals surface area contributed by atoms with Crippen molar-refractivity contribution in [2.75, 3.05) is 20.1 Å². The third-order valence-corrected chi connectivity index (χ3v) is 4.35. The fourth-order valence-corrected chi connectivity index (χ4v) is 3.23. The van der Waals surface area contributed by atoms with Crippen LogP contribution in [0.15, 0.2) is 18.2 Å². The van der Waals surface area contributed by atoms with Crippen molar-refractivity contribution in [2.45, 2.75) is 44.3 Å². The number of likely N-dealkylation sites (tertiary alicyclic amines) is 1. The zero-order valence-electron chi connectivity index (χ0n) is 11.6. The topological polar surface area (TPSA) is 32.7 Å². The van der Waals surface area contributed by atoms with Crippen molar-refractivity contribution >= 4 is 0 Å². The van der Waals surface area contributed by atoms with Gasteiger partial charge >= 0.3 is 0 Å². The van der Waals surface area contributed by atoms with Crippen LogP contribution in [0.4, 0.5) is 0 Å². The average Bonchev–Trinajstić information content (AvgIpc) is 2.42. The molecule has 0 amide bonds. The predicted octanol–water partition coefficient (Wildman–Crippen LogP) is 2.01. The van der Waals surface area contributed by atoms with Crippen LogP contribution in [0.3, 0.4) is 0 Å². The number of rotatable bonds is 2. The molecular formula is C16H23NO2. The number of ether oxygens (including phenoxy) is 1. The van der Waals surface area contributed by atoms with Crippen molar-refractivity contribution in [1.29, 1.82) is 0 Å². The van der Waals surface area contributed by atoms with Crippen LogP contribution >= 0.6 is 0 Å². The lowest BCUT2D eigenvalue weighted by molar-refractivity contribution is -0.0186. The quantitative estimate of drug-likeness (QED) is 0.884. The number of aliphatic hydroxyl groups excluding tert-OH is 1. The van der Waals surface area contributed by atoms with Gasteiger partial charge in [0.15, 0.2) is 0 Å². The van der Waals surface area contributed by atoms with Crippen molar-refractivity contribution in [2.24, 2.45) is 0 Å². The number of β-amino-alcohol motifs (C(OH)–C–C–N with tert-alkyl or cyclic N) is 1. The summed E-state index contributed by atoms with van der Waals surface area (Å²) in [5, 5.41) is 10.1. The highest BCUT2D eigenvalue weighted by molar-refractivity contribution is 5.41. The highest BCUT2D eigenvalue weighted by Crippen LogP contribution is 2.31. The normalized spacial score (nSPS) is 27.9. The van der Waals surface area contributed by atoms with E-state index >= 15 is 0 Å². The van der Waals surface area contributed by atoms with Gasteiger partial charge in [-0.25, -0.2) is 0 Å². The lowest BCUT2D eigenvalue weighted by Gasteiger charge is -2.34. The highest BCUT2D eigenvalue weighted by Gasteiger charge is 2.28. The maximum absolute atomic E-state index is 10.1. The van der Waals surface area contributed by atoms with Crippen molar-refractivity contribution in [3.63, 3.8) is 0 Å². The Balaban J connectivity index is 1.76. The van der Waals surface area contributed by atoms with E-state index in [0.29, 0.717) is 6.54 Å². The van der Waals surface area contributed by atoms with E-state index in [-0.39, 0.29) is 12.2 Å². The molecule has 1 aromatic rings. The molecule has 0 unspecified atom stereocenters. The maximum atomic E-state index is 10.1. The minimum Gasteiger partial charge on any atom is -0.487 e. The molecule has 1 aliphatic carbocycles. The van der Waals surface area contributed by atoms with E-state index < -0.39 is 0 Å². The van der Waals surface area contributed by atoms with Gasteiger partial charge in [-0.1, -0.05) is 12.1 Å². The maximum Gasteiger partial charge on any atom is 0.127 e. The van der Waals surface area contributed by atoms with Gasteiger partial charge in [-0.05, 0) is 56.3 Å². The molecule has 1 aromatic carbocycles. The van der Waals surface area contributed by atoms with Crippen molar-refractivity contribution in [3.05, 3.63) is 29.3 Å². The Morgan fingerprint density at radius 2 is 2.11 bits per heavy atom. The van der Waals surface area contributed by atoms with Crippen LogP contribution in [-0.4, -0.2) is 42.4 Å². The van der Waals surface area contributed by atoms with Gasteiger partial charge in [0, 0.05) is 13.1 Å². The lowest BCUT2D eigenvalue weighted by Crippen LogP contribution is -2.47. The third kappa shape index (κ3) is 2.77. The highest BCUT2D eigenvalue weighted by atomic mass is 16.5. The first-order valence-electron chi connectivity index (χ1n) is 7.38. The lowest BCUT2D eigenvalue weighted by atomic mass is 9.91. The Morgan fingerprint density at radius 3 is 2.95 bits per heavy atom. The molecule has 3 nitrogen and oxygen atoms in total. The van der Waals surface area contributed by atoms with Gasteiger partial charge in [0.2, 0.25) is 0 Å². The number of piperidine rings is 1. The molecule has 3 rings (SSSR count). The van der Waals surface area contributed by atoms with E-state index in [2.05, 4.69) is 23.1 Å². The smallest absolute Gasteiger partial charge is 0.127 e. The standard InChI is InChI=1S/C16H23NO2/c1-17-10-9-16(14(18)11-17)19-15-8-4-6-12-5-2-3-7-13(12)15/h4,6,8,14,16,18H,2-3,5,7,9-11H2,1H3/t14-,16-/m1/s1. The molecule has 19 heavy (non-hydrogen) atoms. The number of aryl methyl sites for hydroxylation is 1. The van der Waals surface area contributed by atoms with E-state index in [4.69, 9.17) is 4.74 Å². The van der Waals surface area contributed by atoms with Crippen LogP contribution in [0.25, 0.3) is 0 Å². The predicted molar refractivity (Wildman–Crippen MR) is 75.6 cm³/mol. The molecule has 1 N–H and O–H groups in total. The zero-order valence-corrected chi connectivity index (χ0v) is 11.6. The Labute approximate surface area is 115 Å². The molecule has 0 radical (unpaired) electrons. The van der Waals surface area contributed by atoms with Crippen molar-refractivity contribution < 1.29 is 9.84 Å². The first-order chi connectivity index (χ1) is 9.24. The largest absolute Gasteiger partial charge is 0.487 e. The summed E-state index contributed by atoms with van der Waals surface area (Å²) in [6, 6.07) is 6.36. The Bertz CT molecular complexity index is 446. The first kappa shape index (κ1) is 12.9. The van der Waals surface area contributed by atoms with Crippen LogP contribution in [0.1, 0.15) is 30.4 Å². The second-order valence-electron chi connectivity index (χ2n) is 5.88. The number of likely N-dealkylation sites (N-methyl/N-ethyl adjacent to an activating group) is 1. The summed E-state index contributed by atoms with van der Waals surface area (Å²) in [5.41, 5.74) is 2.81. The Kier molecular flexibility index (Phi) is 3.76. The van der Waals surface area contributed by atoms with Crippen LogP contribution in [-0.2, 0) is 12.8 Å². The Morgan fingerprint density at radius 1 is 1.26 bits per heavy atom. The molecule has 0 saturated carbocycles. The van der Waals surface area contributed by atoms with E-state index in [9.17, 15) is 5.11 Å². The second kappa shape index (κ2) is 5.51. The Hall–Kier alpha value is -1.06. The minimum absolute atomic E-state index is 0.0513. The van der Waals surface area contributed by atoms with Gasteiger partial charge in [0.1, 0.15) is 18.0 Å². The third-order valence-electron chi connectivity index (χ3n) is 4.35. The summed E-state index contributed by atoms with van der Waals surface area (Å²) in [7, 11) is 2.05. The van der Waals surface area contributed by atoms with Crippen molar-refractivity contribution in [1.82, 2.24) is 4.90 Å². The summed E-state index contributed by atoms with van der Waals surface area (Å²) >= 11 is 0. The van der Waals surface area contributed by atoms with Crippen LogP contribution in [0, 0.1) is 0 Å². The molecule has 0 bridgehead atoms. The fourth-order valence-electron chi connectivity index (χ4n) is 3.23. The van der Waals surface area contributed by atoms with Gasteiger partial charge < -0.3 is 14.7 Å². The van der Waals surface area contributed by atoms with Crippen molar-refractivity contribution in [3.8, 4) is 5.75 Å². The summed E-state index contributed by atoms with van der Waals surface area (Å²) in [4.78, 5) is 2.16. The molecule has 1 heterocycles. The molecule has 1 saturated heterocycles. The number of nitrogens with zero attached hydrogens (tertiary/aromatic N) is 1. The average molecular weight is 261 g/mol. The number of aliphatic hydroxyl groups is 1. The van der Waals surface area contributed by atoms with E-state index in [1.54, 1.807) is 0 Å². The van der Waals surface area contributed by atoms with E-state index in [1.165, 1.54) is 30.4 Å². The second-order valence-corrected chi connectivity index (χ2v) is 5.88. The fraction of sp³-hybridized carbons (Fsp3) is 0.625. The molecule has 2 aliphatic rings. The number of fused-ring (bicyclic) bond motifs is 1. The molecule has 3 heteroatoms. The molecule has 2 atom stereocenters. The van der Waals surface area contributed by atoms with Gasteiger partial charge in [0.25, 0.3) is 0 Å². The summed E-state index contributed by atoms with van der Waals surface area (Å²) in [6.07, 6.45) is 5.30. The van der Waals surface area contributed by atoms with Gasteiger partial charge in [-0.3, -0.25) is 0 Å². The summed E-state index contributed by atoms with van der Waals surface area (Å²) < 4.78 is 6.14. The molecule has 1 aliphatic heterocycles. The van der Waals surface area contributed by atoms with Crippen LogP contribution < -0.4 is 4.74 Å². The molecule has 104 valence electrons. The van der Waals surface area contributed by atoms with Gasteiger partial charge in [-0.15, -0.1) is 0 Å². The van der Waals surface area contributed by atoms with Crippen LogP contribution in [0.5, 0.6) is 5.75 Å². The van der Waals surface area contributed by atoms with Crippen LogP contribution in [0.2, 0.25) is 0 Å². The monoisotopic (exact) mass is 261 g/mol. The summed E-state index contributed by atoms with van der Waals surface area (Å²) in [5.74, 6) is 1.01. The zero-order chi connectivity index (χ0) is 13.2. The number of benzene rings is 1. The SMILES string of the molecule is CN1CC[C@@H](Oc2cccc3c2CCCC3)[C@H](O)C1. The molecule has 1 fully saturated rings. The molecular weight excluding hydrogens is 238 g/mol. The molecule has 0 aromatic heterocycles. The van der Waals surface area contributed by atoms with Gasteiger partial charge in [-0.2, -0.15) is 0 Å². The summed E-state index contributed by atoms with van der Waals surface area (Å²) in [6.45, 7) is 1.70. The number of hydrogen-bond acceptors (Lipinski definition) is 3. The molecule has 0 spiro atoms. The minimum atomic E-state index is -0.377. The first-order valence-corrected chi connectivity index (χ1v) is 7.38. The van der Waals surface area contributed by atoms with Gasteiger partial charge in [0.05, 0.1) is 0 Å².